The molecule has 2 aliphatic rings. The quantitative estimate of drug-likeness (QED) is 0.725. The van der Waals surface area contributed by atoms with Crippen LogP contribution in [0.3, 0.4) is 0 Å². The molecule has 2 heterocycles. The minimum atomic E-state index is -1.10. The first-order valence-electron chi connectivity index (χ1n) is 9.90. The minimum Gasteiger partial charge on any atom is -0.467 e. The SMILES string of the molecule is COC(=O)[C@@H]1OC(C)(C)O[C@H]1C(=O)NCC1CCN(c2ccc(F)cc2C#N)CC1. The molecule has 1 N–H and O–H groups in total. The van der Waals surface area contributed by atoms with E-state index in [-0.39, 0.29) is 5.92 Å². The Kier molecular flexibility index (Phi) is 6.58. The summed E-state index contributed by atoms with van der Waals surface area (Å²) in [4.78, 5) is 26.6. The van der Waals surface area contributed by atoms with Crippen LogP contribution in [0, 0.1) is 23.1 Å². The monoisotopic (exact) mass is 419 g/mol. The number of methoxy groups -OCH3 is 1. The van der Waals surface area contributed by atoms with E-state index in [4.69, 9.17) is 14.2 Å². The number of hydrogen-bond donors (Lipinski definition) is 1. The number of nitriles is 1. The van der Waals surface area contributed by atoms with Crippen LogP contribution in [0.2, 0.25) is 0 Å². The number of nitrogens with one attached hydrogen (secondary N) is 1. The Morgan fingerprint density at radius 2 is 1.97 bits per heavy atom. The molecule has 0 radical (unpaired) electrons. The average Bonchev–Trinajstić information content (AvgIpc) is 3.07. The van der Waals surface area contributed by atoms with Crippen LogP contribution in [0.4, 0.5) is 10.1 Å². The lowest BCUT2D eigenvalue weighted by atomic mass is 9.95. The van der Waals surface area contributed by atoms with Crippen LogP contribution in [0.25, 0.3) is 0 Å². The largest absolute Gasteiger partial charge is 0.467 e. The molecule has 1 aromatic carbocycles. The fraction of sp³-hybridized carbons (Fsp3) is 0.571. The van der Waals surface area contributed by atoms with Gasteiger partial charge in [-0.2, -0.15) is 5.26 Å². The van der Waals surface area contributed by atoms with Gasteiger partial charge in [0.2, 0.25) is 0 Å². The lowest BCUT2D eigenvalue weighted by Crippen LogP contribution is -2.46. The highest BCUT2D eigenvalue weighted by atomic mass is 19.1. The molecule has 0 saturated carbocycles. The standard InChI is InChI=1S/C21H26FN3O5/c1-21(2)29-17(18(30-21)20(27)28-3)19(26)24-12-13-6-8-25(9-7-13)16-5-4-15(22)10-14(16)11-23/h4-5,10,13,17-18H,6-9,12H2,1-3H3,(H,24,26)/t17-,18-/m1/s1. The second kappa shape index (κ2) is 8.98. The number of rotatable bonds is 5. The molecule has 2 aliphatic heterocycles. The smallest absolute Gasteiger partial charge is 0.338 e. The fourth-order valence-electron chi connectivity index (χ4n) is 3.84. The van der Waals surface area contributed by atoms with E-state index in [1.54, 1.807) is 19.9 Å². The number of nitrogens with zero attached hydrogens (tertiary/aromatic N) is 2. The number of esters is 1. The van der Waals surface area contributed by atoms with Gasteiger partial charge >= 0.3 is 5.97 Å². The Balaban J connectivity index is 1.53. The second-order valence-electron chi connectivity index (χ2n) is 7.95. The van der Waals surface area contributed by atoms with Crippen molar-refractivity contribution in [1.82, 2.24) is 5.32 Å². The van der Waals surface area contributed by atoms with E-state index in [1.165, 1.54) is 19.2 Å². The fourth-order valence-corrected chi connectivity index (χ4v) is 3.84. The summed E-state index contributed by atoms with van der Waals surface area (Å²) in [6.45, 7) is 5.10. The second-order valence-corrected chi connectivity index (χ2v) is 7.95. The highest BCUT2D eigenvalue weighted by Gasteiger charge is 2.49. The normalized spacial score (nSPS) is 23.6. The molecule has 1 aromatic rings. The molecule has 3 rings (SSSR count). The maximum absolute atomic E-state index is 13.4. The lowest BCUT2D eigenvalue weighted by Gasteiger charge is -2.34. The number of carbonyl (C=O) groups excluding carboxylic acids is 2. The number of halogens is 1. The molecular formula is C21H26FN3O5. The molecule has 0 unspecified atom stereocenters. The highest BCUT2D eigenvalue weighted by Crippen LogP contribution is 2.30. The first-order valence-corrected chi connectivity index (χ1v) is 9.90. The molecule has 30 heavy (non-hydrogen) atoms. The maximum Gasteiger partial charge on any atom is 0.338 e. The van der Waals surface area contributed by atoms with Crippen LogP contribution in [0.15, 0.2) is 18.2 Å². The Bertz CT molecular complexity index is 846. The van der Waals surface area contributed by atoms with Crippen molar-refractivity contribution >= 4 is 17.6 Å². The number of benzene rings is 1. The van der Waals surface area contributed by atoms with Crippen LogP contribution >= 0.6 is 0 Å². The molecule has 0 spiro atoms. The number of piperidine rings is 1. The van der Waals surface area contributed by atoms with Gasteiger partial charge in [-0.3, -0.25) is 4.79 Å². The predicted molar refractivity (Wildman–Crippen MR) is 105 cm³/mol. The predicted octanol–water partition coefficient (Wildman–Crippen LogP) is 1.72. The van der Waals surface area contributed by atoms with Crippen molar-refractivity contribution in [2.45, 2.75) is 44.7 Å². The summed E-state index contributed by atoms with van der Waals surface area (Å²) in [7, 11) is 1.23. The maximum atomic E-state index is 13.4. The zero-order valence-corrected chi connectivity index (χ0v) is 17.3. The summed E-state index contributed by atoms with van der Waals surface area (Å²) in [5.41, 5.74) is 1.04. The molecule has 0 bridgehead atoms. The summed E-state index contributed by atoms with van der Waals surface area (Å²) >= 11 is 0. The number of carbonyl (C=O) groups is 2. The van der Waals surface area contributed by atoms with Crippen molar-refractivity contribution in [2.75, 3.05) is 31.6 Å². The molecule has 8 nitrogen and oxygen atoms in total. The van der Waals surface area contributed by atoms with E-state index in [0.29, 0.717) is 25.2 Å². The van der Waals surface area contributed by atoms with E-state index in [0.717, 1.165) is 18.5 Å². The first kappa shape index (κ1) is 22.0. The lowest BCUT2D eigenvalue weighted by molar-refractivity contribution is -0.168. The van der Waals surface area contributed by atoms with Gasteiger partial charge in [0.05, 0.1) is 18.4 Å². The molecule has 0 aliphatic carbocycles. The van der Waals surface area contributed by atoms with Gasteiger partial charge in [-0.1, -0.05) is 0 Å². The van der Waals surface area contributed by atoms with Crippen molar-refractivity contribution in [1.29, 1.82) is 5.26 Å². The molecule has 9 heteroatoms. The summed E-state index contributed by atoms with van der Waals surface area (Å²) in [5.74, 6) is -2.31. The average molecular weight is 419 g/mol. The van der Waals surface area contributed by atoms with Crippen LogP contribution in [-0.2, 0) is 23.8 Å². The van der Waals surface area contributed by atoms with E-state index >= 15 is 0 Å². The number of hydrogen-bond acceptors (Lipinski definition) is 7. The summed E-state index contributed by atoms with van der Waals surface area (Å²) in [5, 5.41) is 12.1. The third kappa shape index (κ3) is 4.89. The number of amides is 1. The minimum absolute atomic E-state index is 0.239. The summed E-state index contributed by atoms with van der Waals surface area (Å²) < 4.78 is 29.2. The molecule has 1 amide bonds. The van der Waals surface area contributed by atoms with Gasteiger partial charge in [0.1, 0.15) is 11.9 Å². The summed E-state index contributed by atoms with van der Waals surface area (Å²) in [6, 6.07) is 6.26. The van der Waals surface area contributed by atoms with Crippen LogP contribution in [-0.4, -0.2) is 56.6 Å². The van der Waals surface area contributed by atoms with Gasteiger partial charge in [0.15, 0.2) is 18.0 Å². The van der Waals surface area contributed by atoms with Gasteiger partial charge in [0, 0.05) is 19.6 Å². The van der Waals surface area contributed by atoms with Gasteiger partial charge < -0.3 is 24.4 Å². The van der Waals surface area contributed by atoms with E-state index in [2.05, 4.69) is 10.2 Å². The molecule has 2 atom stereocenters. The van der Waals surface area contributed by atoms with Gasteiger partial charge in [-0.05, 0) is 50.8 Å². The van der Waals surface area contributed by atoms with Crippen molar-refractivity contribution in [3.63, 3.8) is 0 Å². The molecule has 162 valence electrons. The molecule has 2 saturated heterocycles. The summed E-state index contributed by atoms with van der Waals surface area (Å²) in [6.07, 6.45) is -0.563. The Hall–Kier alpha value is -2.70. The number of ether oxygens (including phenoxy) is 3. The first-order chi connectivity index (χ1) is 14.2. The van der Waals surface area contributed by atoms with Gasteiger partial charge in [-0.15, -0.1) is 0 Å². The Morgan fingerprint density at radius 1 is 1.30 bits per heavy atom. The van der Waals surface area contributed by atoms with E-state index in [1.807, 2.05) is 6.07 Å². The van der Waals surface area contributed by atoms with Gasteiger partial charge in [0.25, 0.3) is 5.91 Å². The van der Waals surface area contributed by atoms with Crippen LogP contribution in [0.5, 0.6) is 0 Å². The van der Waals surface area contributed by atoms with Gasteiger partial charge in [-0.25, -0.2) is 9.18 Å². The van der Waals surface area contributed by atoms with E-state index < -0.39 is 35.7 Å². The van der Waals surface area contributed by atoms with Crippen molar-refractivity contribution in [2.24, 2.45) is 5.92 Å². The third-order valence-corrected chi connectivity index (χ3v) is 5.39. The molecule has 0 aromatic heterocycles. The third-order valence-electron chi connectivity index (χ3n) is 5.39. The van der Waals surface area contributed by atoms with Crippen molar-refractivity contribution < 1.29 is 28.2 Å². The molecule has 2 fully saturated rings. The Morgan fingerprint density at radius 3 is 2.60 bits per heavy atom. The van der Waals surface area contributed by atoms with E-state index in [9.17, 15) is 19.2 Å². The Labute approximate surface area is 174 Å². The highest BCUT2D eigenvalue weighted by molar-refractivity contribution is 5.89. The molecular weight excluding hydrogens is 393 g/mol. The van der Waals surface area contributed by atoms with Crippen molar-refractivity contribution in [3.8, 4) is 6.07 Å². The zero-order valence-electron chi connectivity index (χ0n) is 17.3. The zero-order chi connectivity index (χ0) is 21.9. The van der Waals surface area contributed by atoms with Crippen LogP contribution < -0.4 is 10.2 Å². The van der Waals surface area contributed by atoms with Crippen LogP contribution in [0.1, 0.15) is 32.3 Å². The van der Waals surface area contributed by atoms with Crippen molar-refractivity contribution in [3.05, 3.63) is 29.6 Å². The topological polar surface area (TPSA) is 101 Å². The number of anilines is 1.